The number of hydrogen-bond acceptors (Lipinski definition) is 5. The van der Waals surface area contributed by atoms with Crippen LogP contribution in [0.15, 0.2) is 10.6 Å². The predicted molar refractivity (Wildman–Crippen MR) is 101 cm³/mol. The predicted octanol–water partition coefficient (Wildman–Crippen LogP) is 2.29. The van der Waals surface area contributed by atoms with E-state index >= 15 is 0 Å². The normalized spacial score (nSPS) is 19.8. The van der Waals surface area contributed by atoms with Crippen molar-refractivity contribution in [3.63, 3.8) is 0 Å². The van der Waals surface area contributed by atoms with Gasteiger partial charge in [0.1, 0.15) is 0 Å². The molecule has 1 saturated carbocycles. The Morgan fingerprint density at radius 2 is 1.81 bits per heavy atom. The number of oxazole rings is 1. The molecule has 0 unspecified atom stereocenters. The summed E-state index contributed by atoms with van der Waals surface area (Å²) in [5, 5.41) is 5.89. The second-order valence-electron chi connectivity index (χ2n) is 9.28. The third-order valence-corrected chi connectivity index (χ3v) is 4.81. The zero-order valence-corrected chi connectivity index (χ0v) is 17.0. The molecule has 146 valence electrons. The third kappa shape index (κ3) is 5.22. The zero-order valence-electron chi connectivity index (χ0n) is 17.0. The summed E-state index contributed by atoms with van der Waals surface area (Å²) in [7, 11) is 3.59. The number of nitrogens with zero attached hydrogens (tertiary/aromatic N) is 2. The molecule has 1 fully saturated rings. The molecular formula is C19H32N4O3. The van der Waals surface area contributed by atoms with Gasteiger partial charge in [0.15, 0.2) is 0 Å². The van der Waals surface area contributed by atoms with Crippen LogP contribution < -0.4 is 15.5 Å². The van der Waals surface area contributed by atoms with E-state index in [2.05, 4.69) is 36.4 Å². The van der Waals surface area contributed by atoms with Gasteiger partial charge in [-0.15, -0.1) is 0 Å². The lowest BCUT2D eigenvalue weighted by Crippen LogP contribution is -2.42. The Kier molecular flexibility index (Phi) is 5.68. The fraction of sp³-hybridized carbons (Fsp3) is 0.737. The first-order chi connectivity index (χ1) is 11.9. The monoisotopic (exact) mass is 364 g/mol. The smallest absolute Gasteiger partial charge is 0.297 e. The van der Waals surface area contributed by atoms with E-state index in [1.807, 2.05) is 13.8 Å². The first kappa shape index (κ1) is 20.3. The van der Waals surface area contributed by atoms with Gasteiger partial charge in [0.25, 0.3) is 11.9 Å². The number of aromatic nitrogens is 1. The summed E-state index contributed by atoms with van der Waals surface area (Å²) >= 11 is 0. The minimum atomic E-state index is -0.306. The second-order valence-corrected chi connectivity index (χ2v) is 9.28. The van der Waals surface area contributed by atoms with Gasteiger partial charge in [-0.05, 0) is 23.2 Å². The Labute approximate surface area is 155 Å². The van der Waals surface area contributed by atoms with Crippen LogP contribution >= 0.6 is 0 Å². The van der Waals surface area contributed by atoms with Crippen LogP contribution in [0, 0.1) is 22.7 Å². The van der Waals surface area contributed by atoms with Crippen LogP contribution in [0.1, 0.15) is 51.6 Å². The molecule has 1 aliphatic rings. The maximum absolute atomic E-state index is 12.3. The third-order valence-electron chi connectivity index (χ3n) is 4.81. The molecule has 1 heterocycles. The Hall–Kier alpha value is -2.05. The largest absolute Gasteiger partial charge is 0.418 e. The van der Waals surface area contributed by atoms with E-state index in [9.17, 15) is 9.59 Å². The van der Waals surface area contributed by atoms with Crippen molar-refractivity contribution in [2.24, 2.45) is 22.7 Å². The molecule has 1 aromatic heterocycles. The van der Waals surface area contributed by atoms with Gasteiger partial charge in [0.2, 0.25) is 11.7 Å². The zero-order chi connectivity index (χ0) is 19.7. The number of nitrogens with one attached hydrogen (secondary N) is 2. The lowest BCUT2D eigenvalue weighted by atomic mass is 9.88. The lowest BCUT2D eigenvalue weighted by molar-refractivity contribution is -0.123. The van der Waals surface area contributed by atoms with Crippen LogP contribution in [0.5, 0.6) is 0 Å². The number of carbonyl (C=O) groups excluding carboxylic acids is 2. The van der Waals surface area contributed by atoms with Crippen LogP contribution in [-0.2, 0) is 4.79 Å². The summed E-state index contributed by atoms with van der Waals surface area (Å²) < 4.78 is 5.39. The van der Waals surface area contributed by atoms with E-state index < -0.39 is 0 Å². The molecule has 0 aromatic carbocycles. The van der Waals surface area contributed by atoms with Crippen LogP contribution in [0.25, 0.3) is 0 Å². The molecule has 0 radical (unpaired) electrons. The number of rotatable bonds is 7. The molecule has 7 heteroatoms. The van der Waals surface area contributed by atoms with Crippen LogP contribution in [-0.4, -0.2) is 44.0 Å². The number of anilines is 1. The van der Waals surface area contributed by atoms with Gasteiger partial charge in [0, 0.05) is 33.1 Å². The summed E-state index contributed by atoms with van der Waals surface area (Å²) in [4.78, 5) is 30.2. The highest BCUT2D eigenvalue weighted by Crippen LogP contribution is 2.50. The SMILES string of the molecule is CN(C)c1ncc(C(=O)NCC(C)(C)CNC(=O)[C@@H]2C[C@H]2C(C)(C)C)o1. The molecule has 26 heavy (non-hydrogen) atoms. The molecule has 7 nitrogen and oxygen atoms in total. The minimum Gasteiger partial charge on any atom is -0.418 e. The molecule has 1 aliphatic carbocycles. The topological polar surface area (TPSA) is 87.5 Å². The molecule has 0 bridgehead atoms. The van der Waals surface area contributed by atoms with Gasteiger partial charge in [0.05, 0.1) is 6.20 Å². The van der Waals surface area contributed by atoms with Gasteiger partial charge in [-0.3, -0.25) is 9.59 Å². The first-order valence-corrected chi connectivity index (χ1v) is 9.10. The van der Waals surface area contributed by atoms with Gasteiger partial charge in [-0.2, -0.15) is 0 Å². The first-order valence-electron chi connectivity index (χ1n) is 9.10. The number of carbonyl (C=O) groups is 2. The Bertz CT molecular complexity index is 658. The average Bonchev–Trinajstić information content (AvgIpc) is 3.20. The quantitative estimate of drug-likeness (QED) is 0.775. The number of hydrogen-bond donors (Lipinski definition) is 2. The summed E-state index contributed by atoms with van der Waals surface area (Å²) in [5.74, 6) is 0.580. The minimum absolute atomic E-state index is 0.121. The van der Waals surface area contributed by atoms with Crippen molar-refractivity contribution in [2.45, 2.75) is 41.0 Å². The lowest BCUT2D eigenvalue weighted by Gasteiger charge is -2.25. The van der Waals surface area contributed by atoms with Crippen molar-refractivity contribution in [3.05, 3.63) is 12.0 Å². The van der Waals surface area contributed by atoms with Crippen molar-refractivity contribution < 1.29 is 14.0 Å². The average molecular weight is 364 g/mol. The van der Waals surface area contributed by atoms with Gasteiger partial charge in [-0.25, -0.2) is 4.98 Å². The molecule has 2 atom stereocenters. The van der Waals surface area contributed by atoms with E-state index in [4.69, 9.17) is 4.42 Å². The second kappa shape index (κ2) is 7.29. The summed E-state index contributed by atoms with van der Waals surface area (Å²) in [5.41, 5.74) is -0.0875. The standard InChI is InChI=1S/C19H32N4O3/c1-18(2,3)13-8-12(13)15(24)21-10-19(4,5)11-22-16(25)14-9-20-17(26-14)23(6)7/h9,12-13H,8,10-11H2,1-7H3,(H,21,24)(H,22,25)/t12-,13-/m1/s1. The van der Waals surface area contributed by atoms with Crippen molar-refractivity contribution in [2.75, 3.05) is 32.1 Å². The summed E-state index contributed by atoms with van der Waals surface area (Å²) in [6, 6.07) is 0.388. The summed E-state index contributed by atoms with van der Waals surface area (Å²) in [6.45, 7) is 11.5. The molecule has 2 rings (SSSR count). The van der Waals surface area contributed by atoms with Crippen LogP contribution in [0.2, 0.25) is 0 Å². The highest BCUT2D eigenvalue weighted by Gasteiger charge is 2.49. The van der Waals surface area contributed by atoms with Crippen molar-refractivity contribution in [1.82, 2.24) is 15.6 Å². The molecule has 0 spiro atoms. The highest BCUT2D eigenvalue weighted by atomic mass is 16.4. The molecule has 2 amide bonds. The summed E-state index contributed by atoms with van der Waals surface area (Å²) in [6.07, 6.45) is 2.38. The maximum Gasteiger partial charge on any atom is 0.297 e. The highest BCUT2D eigenvalue weighted by molar-refractivity contribution is 5.91. The fourth-order valence-corrected chi connectivity index (χ4v) is 2.95. The Morgan fingerprint density at radius 1 is 1.19 bits per heavy atom. The van der Waals surface area contributed by atoms with Crippen molar-refractivity contribution in [1.29, 1.82) is 0 Å². The molecule has 0 saturated heterocycles. The van der Waals surface area contributed by atoms with E-state index in [-0.39, 0.29) is 34.3 Å². The molecule has 1 aromatic rings. The van der Waals surface area contributed by atoms with Crippen molar-refractivity contribution in [3.8, 4) is 0 Å². The van der Waals surface area contributed by atoms with E-state index in [1.54, 1.807) is 19.0 Å². The molecule has 2 N–H and O–H groups in total. The van der Waals surface area contributed by atoms with E-state index in [0.717, 1.165) is 6.42 Å². The van der Waals surface area contributed by atoms with E-state index in [0.29, 0.717) is 25.0 Å². The van der Waals surface area contributed by atoms with Gasteiger partial charge < -0.3 is 20.0 Å². The molecular weight excluding hydrogens is 332 g/mol. The fourth-order valence-electron chi connectivity index (χ4n) is 2.95. The van der Waals surface area contributed by atoms with Crippen LogP contribution in [0.3, 0.4) is 0 Å². The van der Waals surface area contributed by atoms with Gasteiger partial charge >= 0.3 is 0 Å². The van der Waals surface area contributed by atoms with Crippen molar-refractivity contribution >= 4 is 17.8 Å². The van der Waals surface area contributed by atoms with E-state index in [1.165, 1.54) is 6.20 Å². The maximum atomic E-state index is 12.3. The Balaban J connectivity index is 1.77. The molecule has 0 aliphatic heterocycles. The Morgan fingerprint density at radius 3 is 2.31 bits per heavy atom. The van der Waals surface area contributed by atoms with Crippen LogP contribution in [0.4, 0.5) is 6.01 Å². The number of amides is 2. The van der Waals surface area contributed by atoms with Gasteiger partial charge in [-0.1, -0.05) is 34.6 Å².